The summed E-state index contributed by atoms with van der Waals surface area (Å²) in [6.07, 6.45) is 5.27. The van der Waals surface area contributed by atoms with E-state index >= 15 is 0 Å². The molecule has 0 aliphatic heterocycles. The lowest BCUT2D eigenvalue weighted by molar-refractivity contribution is -0.156. The van der Waals surface area contributed by atoms with Crippen LogP contribution in [0.15, 0.2) is 12.2 Å². The monoisotopic (exact) mass is 212 g/mol. The topological polar surface area (TPSA) is 46.5 Å². The second-order valence-electron chi connectivity index (χ2n) is 5.06. The molecule has 0 aromatic rings. The molecule has 0 spiro atoms. The van der Waals surface area contributed by atoms with E-state index in [1.165, 1.54) is 0 Å². The highest BCUT2D eigenvalue weighted by Gasteiger charge is 2.26. The first-order valence-electron chi connectivity index (χ1n) is 5.42. The third-order valence-corrected chi connectivity index (χ3v) is 2.48. The molecule has 15 heavy (non-hydrogen) atoms. The summed E-state index contributed by atoms with van der Waals surface area (Å²) >= 11 is 0. The Bertz CT molecular complexity index is 250. The second kappa shape index (κ2) is 4.79. The molecule has 0 fully saturated rings. The minimum atomic E-state index is -0.423. The highest BCUT2D eigenvalue weighted by atomic mass is 16.6. The van der Waals surface area contributed by atoms with E-state index in [1.54, 1.807) is 0 Å². The summed E-state index contributed by atoms with van der Waals surface area (Å²) in [5.41, 5.74) is -0.423. The van der Waals surface area contributed by atoms with E-state index in [-0.39, 0.29) is 24.4 Å². The van der Waals surface area contributed by atoms with Crippen LogP contribution in [0.25, 0.3) is 0 Å². The molecule has 0 radical (unpaired) electrons. The van der Waals surface area contributed by atoms with Gasteiger partial charge in [0.2, 0.25) is 0 Å². The van der Waals surface area contributed by atoms with Gasteiger partial charge >= 0.3 is 5.97 Å². The van der Waals surface area contributed by atoms with Gasteiger partial charge in [-0.05, 0) is 39.0 Å². The standard InChI is InChI=1S/C12H20O3/c1-12(2,3)15-11(14)7-9-5-4-6-10(9)8-13/h4-5,9-10,13H,6-8H2,1-3H3/t9-,10+/m1/s1. The van der Waals surface area contributed by atoms with Gasteiger partial charge in [-0.15, -0.1) is 0 Å². The number of aliphatic hydroxyl groups is 1. The molecule has 3 nitrogen and oxygen atoms in total. The number of hydrogen-bond acceptors (Lipinski definition) is 3. The molecule has 0 saturated heterocycles. The molecule has 0 saturated carbocycles. The van der Waals surface area contributed by atoms with Crippen molar-refractivity contribution in [2.75, 3.05) is 6.61 Å². The van der Waals surface area contributed by atoms with Crippen molar-refractivity contribution < 1.29 is 14.6 Å². The van der Waals surface area contributed by atoms with E-state index < -0.39 is 5.60 Å². The first-order chi connectivity index (χ1) is 6.92. The molecule has 86 valence electrons. The van der Waals surface area contributed by atoms with Gasteiger partial charge in [-0.1, -0.05) is 12.2 Å². The van der Waals surface area contributed by atoms with Gasteiger partial charge in [-0.3, -0.25) is 4.79 Å². The van der Waals surface area contributed by atoms with Crippen LogP contribution in [0.2, 0.25) is 0 Å². The lowest BCUT2D eigenvalue weighted by atomic mass is 9.93. The third-order valence-electron chi connectivity index (χ3n) is 2.48. The Morgan fingerprint density at radius 2 is 2.20 bits per heavy atom. The Morgan fingerprint density at radius 3 is 2.73 bits per heavy atom. The zero-order valence-electron chi connectivity index (χ0n) is 9.69. The summed E-state index contributed by atoms with van der Waals surface area (Å²) in [7, 11) is 0. The Balaban J connectivity index is 2.41. The number of ether oxygens (including phenoxy) is 1. The summed E-state index contributed by atoms with van der Waals surface area (Å²) in [5, 5.41) is 9.09. The maximum atomic E-state index is 11.5. The molecule has 1 rings (SSSR count). The molecular weight excluding hydrogens is 192 g/mol. The SMILES string of the molecule is CC(C)(C)OC(=O)C[C@H]1C=CC[C@H]1CO. The number of rotatable bonds is 3. The van der Waals surface area contributed by atoms with Crippen molar-refractivity contribution in [3.05, 3.63) is 12.2 Å². The van der Waals surface area contributed by atoms with Crippen molar-refractivity contribution in [3.63, 3.8) is 0 Å². The van der Waals surface area contributed by atoms with Crippen LogP contribution in [-0.2, 0) is 9.53 Å². The number of hydrogen-bond donors (Lipinski definition) is 1. The zero-order valence-corrected chi connectivity index (χ0v) is 9.69. The summed E-state index contributed by atoms with van der Waals surface area (Å²) in [6, 6.07) is 0. The predicted octanol–water partition coefficient (Wildman–Crippen LogP) is 1.90. The van der Waals surface area contributed by atoms with Crippen LogP contribution >= 0.6 is 0 Å². The molecular formula is C12H20O3. The van der Waals surface area contributed by atoms with E-state index in [1.807, 2.05) is 32.9 Å². The van der Waals surface area contributed by atoms with Crippen LogP contribution in [0.3, 0.4) is 0 Å². The average Bonchev–Trinajstić information content (AvgIpc) is 2.48. The van der Waals surface area contributed by atoms with Crippen LogP contribution in [0.5, 0.6) is 0 Å². The number of allylic oxidation sites excluding steroid dienone is 2. The Morgan fingerprint density at radius 1 is 1.53 bits per heavy atom. The molecule has 0 aromatic carbocycles. The van der Waals surface area contributed by atoms with Gasteiger partial charge < -0.3 is 9.84 Å². The normalized spacial score (nSPS) is 25.6. The zero-order chi connectivity index (χ0) is 11.5. The van der Waals surface area contributed by atoms with E-state index in [0.717, 1.165) is 6.42 Å². The van der Waals surface area contributed by atoms with Crippen molar-refractivity contribution in [3.8, 4) is 0 Å². The summed E-state index contributed by atoms with van der Waals surface area (Å²) < 4.78 is 5.24. The van der Waals surface area contributed by atoms with Gasteiger partial charge in [-0.2, -0.15) is 0 Å². The highest BCUT2D eigenvalue weighted by Crippen LogP contribution is 2.28. The number of carbonyl (C=O) groups excluding carboxylic acids is 1. The van der Waals surface area contributed by atoms with Crippen LogP contribution in [0.4, 0.5) is 0 Å². The highest BCUT2D eigenvalue weighted by molar-refractivity contribution is 5.70. The fourth-order valence-electron chi connectivity index (χ4n) is 1.78. The molecule has 1 N–H and O–H groups in total. The van der Waals surface area contributed by atoms with Crippen molar-refractivity contribution in [2.24, 2.45) is 11.8 Å². The first kappa shape index (κ1) is 12.2. The molecule has 0 heterocycles. The van der Waals surface area contributed by atoms with E-state index in [2.05, 4.69) is 0 Å². The van der Waals surface area contributed by atoms with Crippen molar-refractivity contribution >= 4 is 5.97 Å². The second-order valence-corrected chi connectivity index (χ2v) is 5.06. The van der Waals surface area contributed by atoms with Crippen LogP contribution in [0.1, 0.15) is 33.6 Å². The minimum Gasteiger partial charge on any atom is -0.460 e. The Labute approximate surface area is 91.1 Å². The van der Waals surface area contributed by atoms with E-state index in [9.17, 15) is 4.79 Å². The Hall–Kier alpha value is -0.830. The van der Waals surface area contributed by atoms with Crippen LogP contribution in [0, 0.1) is 11.8 Å². The van der Waals surface area contributed by atoms with Crippen LogP contribution in [-0.4, -0.2) is 23.3 Å². The largest absolute Gasteiger partial charge is 0.460 e. The molecule has 0 aromatic heterocycles. The predicted molar refractivity (Wildman–Crippen MR) is 58.3 cm³/mol. The number of esters is 1. The number of aliphatic hydroxyl groups excluding tert-OH is 1. The molecule has 3 heteroatoms. The first-order valence-corrected chi connectivity index (χ1v) is 5.42. The quantitative estimate of drug-likeness (QED) is 0.574. The fourth-order valence-corrected chi connectivity index (χ4v) is 1.78. The lowest BCUT2D eigenvalue weighted by Crippen LogP contribution is -2.26. The van der Waals surface area contributed by atoms with Gasteiger partial charge in [0.05, 0.1) is 6.42 Å². The molecule has 2 atom stereocenters. The van der Waals surface area contributed by atoms with E-state index in [0.29, 0.717) is 6.42 Å². The van der Waals surface area contributed by atoms with Gasteiger partial charge in [0.1, 0.15) is 5.60 Å². The molecule has 0 amide bonds. The molecule has 0 bridgehead atoms. The molecule has 0 unspecified atom stereocenters. The summed E-state index contributed by atoms with van der Waals surface area (Å²) in [6.45, 7) is 5.72. The van der Waals surface area contributed by atoms with Crippen molar-refractivity contribution in [2.45, 2.75) is 39.2 Å². The Kier molecular flexibility index (Phi) is 3.91. The summed E-state index contributed by atoms with van der Waals surface area (Å²) in [5.74, 6) is 0.153. The van der Waals surface area contributed by atoms with E-state index in [4.69, 9.17) is 9.84 Å². The van der Waals surface area contributed by atoms with Gasteiger partial charge in [-0.25, -0.2) is 0 Å². The summed E-state index contributed by atoms with van der Waals surface area (Å²) in [4.78, 5) is 11.5. The van der Waals surface area contributed by atoms with Crippen molar-refractivity contribution in [1.29, 1.82) is 0 Å². The lowest BCUT2D eigenvalue weighted by Gasteiger charge is -2.22. The van der Waals surface area contributed by atoms with Crippen LogP contribution < -0.4 is 0 Å². The maximum Gasteiger partial charge on any atom is 0.306 e. The third kappa shape index (κ3) is 4.04. The molecule has 1 aliphatic carbocycles. The fraction of sp³-hybridized carbons (Fsp3) is 0.750. The maximum absolute atomic E-state index is 11.5. The average molecular weight is 212 g/mol. The molecule has 1 aliphatic rings. The van der Waals surface area contributed by atoms with Gasteiger partial charge in [0.25, 0.3) is 0 Å². The van der Waals surface area contributed by atoms with Gasteiger partial charge in [0, 0.05) is 6.61 Å². The smallest absolute Gasteiger partial charge is 0.306 e. The minimum absolute atomic E-state index is 0.139. The number of carbonyl (C=O) groups is 1. The van der Waals surface area contributed by atoms with Gasteiger partial charge in [0.15, 0.2) is 0 Å². The van der Waals surface area contributed by atoms with Crippen molar-refractivity contribution in [1.82, 2.24) is 0 Å².